The monoisotopic (exact) mass is 289 g/mol. The fraction of sp³-hybridized carbons (Fsp3) is 0.286. The van der Waals surface area contributed by atoms with Crippen LogP contribution < -0.4 is 4.90 Å². The summed E-state index contributed by atoms with van der Waals surface area (Å²) in [4.78, 5) is 22.9. The number of nitrogens with zero attached hydrogens (tertiary/aromatic N) is 3. The number of anilines is 1. The Balaban J connectivity index is 2.71. The van der Waals surface area contributed by atoms with Crippen LogP contribution in [0.3, 0.4) is 0 Å². The molecule has 0 amide bonds. The first-order chi connectivity index (χ1) is 9.97. The predicted molar refractivity (Wildman–Crippen MR) is 80.8 cm³/mol. The van der Waals surface area contributed by atoms with Crippen molar-refractivity contribution in [2.75, 3.05) is 18.0 Å². The third-order valence-corrected chi connectivity index (χ3v) is 3.44. The summed E-state index contributed by atoms with van der Waals surface area (Å²) in [6.07, 6.45) is 0. The molecular weight excluding hydrogens is 274 g/mol. The van der Waals surface area contributed by atoms with Crippen LogP contribution in [0.5, 0.6) is 0 Å². The minimum Gasteiger partial charge on any atom is -0.372 e. The zero-order valence-corrected chi connectivity index (χ0v) is 11.8. The lowest BCUT2D eigenvalue weighted by molar-refractivity contribution is -0.393. The first-order valence-corrected chi connectivity index (χ1v) is 6.59. The van der Waals surface area contributed by atoms with Crippen LogP contribution in [0, 0.1) is 20.2 Å². The van der Waals surface area contributed by atoms with Crippen molar-refractivity contribution in [1.82, 2.24) is 0 Å². The predicted octanol–water partition coefficient (Wildman–Crippen LogP) is 3.50. The summed E-state index contributed by atoms with van der Waals surface area (Å²) >= 11 is 0. The minimum absolute atomic E-state index is 0.242. The minimum atomic E-state index is -0.620. The van der Waals surface area contributed by atoms with Crippen LogP contribution in [0.4, 0.5) is 17.1 Å². The molecule has 0 bridgehead atoms. The van der Waals surface area contributed by atoms with Gasteiger partial charge in [0.25, 0.3) is 11.4 Å². The molecule has 0 fully saturated rings. The van der Waals surface area contributed by atoms with Crippen LogP contribution in [0.15, 0.2) is 30.3 Å². The lowest BCUT2D eigenvalue weighted by Crippen LogP contribution is -2.21. The number of fused-ring (bicyclic) bond motifs is 1. The van der Waals surface area contributed by atoms with Gasteiger partial charge >= 0.3 is 0 Å². The highest BCUT2D eigenvalue weighted by molar-refractivity contribution is 5.95. The normalized spacial score (nSPS) is 10.6. The van der Waals surface area contributed by atoms with Gasteiger partial charge in [-0.2, -0.15) is 0 Å². The molecule has 110 valence electrons. The summed E-state index contributed by atoms with van der Waals surface area (Å²) in [7, 11) is 0. The summed E-state index contributed by atoms with van der Waals surface area (Å²) in [5, 5.41) is 22.9. The third-order valence-electron chi connectivity index (χ3n) is 3.44. The average Bonchev–Trinajstić information content (AvgIpc) is 2.47. The van der Waals surface area contributed by atoms with Gasteiger partial charge in [-0.3, -0.25) is 20.2 Å². The van der Waals surface area contributed by atoms with Crippen molar-refractivity contribution in [3.8, 4) is 0 Å². The van der Waals surface area contributed by atoms with E-state index in [0.29, 0.717) is 10.8 Å². The molecule has 0 unspecified atom stereocenters. The van der Waals surface area contributed by atoms with Crippen LogP contribution >= 0.6 is 0 Å². The molecule has 0 atom stereocenters. The van der Waals surface area contributed by atoms with E-state index in [1.807, 2.05) is 19.9 Å². The number of benzene rings is 2. The second-order valence-corrected chi connectivity index (χ2v) is 4.56. The summed E-state index contributed by atoms with van der Waals surface area (Å²) < 4.78 is 0. The Kier molecular flexibility index (Phi) is 4.02. The zero-order valence-electron chi connectivity index (χ0n) is 11.8. The van der Waals surface area contributed by atoms with Crippen molar-refractivity contribution in [3.63, 3.8) is 0 Å². The van der Waals surface area contributed by atoms with E-state index in [2.05, 4.69) is 4.90 Å². The largest absolute Gasteiger partial charge is 0.372 e. The van der Waals surface area contributed by atoms with E-state index in [1.165, 1.54) is 6.07 Å². The zero-order chi connectivity index (χ0) is 15.6. The SMILES string of the molecule is CCN(CC)c1ccc2cc([N+](=O)[O-])cc([N+](=O)[O-])c2c1. The third kappa shape index (κ3) is 2.76. The Morgan fingerprint density at radius 1 is 1.00 bits per heavy atom. The van der Waals surface area contributed by atoms with Gasteiger partial charge in [0.1, 0.15) is 0 Å². The molecule has 0 spiro atoms. The topological polar surface area (TPSA) is 89.5 Å². The molecular formula is C14H15N3O4. The number of hydrogen-bond donors (Lipinski definition) is 0. The van der Waals surface area contributed by atoms with Gasteiger partial charge in [-0.15, -0.1) is 0 Å². The average molecular weight is 289 g/mol. The number of nitro benzene ring substituents is 2. The van der Waals surface area contributed by atoms with Crippen molar-refractivity contribution in [3.05, 3.63) is 50.6 Å². The highest BCUT2D eigenvalue weighted by Crippen LogP contribution is 2.33. The smallest absolute Gasteiger partial charge is 0.284 e. The van der Waals surface area contributed by atoms with Crippen LogP contribution in [0.2, 0.25) is 0 Å². The van der Waals surface area contributed by atoms with Crippen LogP contribution in [0.25, 0.3) is 10.8 Å². The Morgan fingerprint density at radius 3 is 2.19 bits per heavy atom. The maximum absolute atomic E-state index is 11.2. The second kappa shape index (κ2) is 5.74. The van der Waals surface area contributed by atoms with Gasteiger partial charge in [0.15, 0.2) is 0 Å². The van der Waals surface area contributed by atoms with Crippen molar-refractivity contribution < 1.29 is 9.85 Å². The molecule has 0 aromatic heterocycles. The van der Waals surface area contributed by atoms with E-state index in [-0.39, 0.29) is 11.4 Å². The summed E-state index contributed by atoms with van der Waals surface area (Å²) in [5.41, 5.74) is 0.349. The molecule has 21 heavy (non-hydrogen) atoms. The molecule has 0 saturated heterocycles. The Hall–Kier alpha value is -2.70. The van der Waals surface area contributed by atoms with Gasteiger partial charge in [-0.1, -0.05) is 6.07 Å². The van der Waals surface area contributed by atoms with Gasteiger partial charge in [0.2, 0.25) is 0 Å². The van der Waals surface area contributed by atoms with Crippen LogP contribution in [0.1, 0.15) is 13.8 Å². The lowest BCUT2D eigenvalue weighted by Gasteiger charge is -2.21. The maximum Gasteiger partial charge on any atom is 0.284 e. The first-order valence-electron chi connectivity index (χ1n) is 6.59. The molecule has 0 aliphatic rings. The molecule has 2 aromatic carbocycles. The molecule has 0 radical (unpaired) electrons. The van der Waals surface area contributed by atoms with Crippen molar-refractivity contribution in [2.45, 2.75) is 13.8 Å². The molecule has 0 saturated carbocycles. The van der Waals surface area contributed by atoms with Gasteiger partial charge in [-0.05, 0) is 31.4 Å². The molecule has 2 rings (SSSR count). The molecule has 2 aromatic rings. The standard InChI is InChI=1S/C14H15N3O4/c1-3-15(4-2)11-6-5-10-7-12(16(18)19)9-14(17(20)21)13(10)8-11/h5-9H,3-4H2,1-2H3. The lowest BCUT2D eigenvalue weighted by atomic mass is 10.1. The summed E-state index contributed by atoms with van der Waals surface area (Å²) in [6.45, 7) is 5.56. The van der Waals surface area contributed by atoms with Crippen molar-refractivity contribution >= 4 is 27.8 Å². The van der Waals surface area contributed by atoms with E-state index in [0.717, 1.165) is 24.8 Å². The fourth-order valence-electron chi connectivity index (χ4n) is 2.35. The fourth-order valence-corrected chi connectivity index (χ4v) is 2.35. The highest BCUT2D eigenvalue weighted by atomic mass is 16.6. The quantitative estimate of drug-likeness (QED) is 0.620. The van der Waals surface area contributed by atoms with E-state index < -0.39 is 9.85 Å². The van der Waals surface area contributed by atoms with Gasteiger partial charge < -0.3 is 4.90 Å². The Bertz CT molecular complexity index is 711. The molecule has 7 nitrogen and oxygen atoms in total. The Labute approximate surface area is 121 Å². The molecule has 7 heteroatoms. The first kappa shape index (κ1) is 14.7. The van der Waals surface area contributed by atoms with Crippen molar-refractivity contribution in [2.24, 2.45) is 0 Å². The number of non-ortho nitro benzene ring substituents is 2. The second-order valence-electron chi connectivity index (χ2n) is 4.56. The molecule has 0 aliphatic carbocycles. The van der Waals surface area contributed by atoms with Crippen molar-refractivity contribution in [1.29, 1.82) is 0 Å². The van der Waals surface area contributed by atoms with E-state index in [9.17, 15) is 20.2 Å². The number of hydrogen-bond acceptors (Lipinski definition) is 5. The summed E-state index contributed by atoms with van der Waals surface area (Å²) in [6, 6.07) is 7.58. The molecule has 0 aliphatic heterocycles. The van der Waals surface area contributed by atoms with Gasteiger partial charge in [-0.25, -0.2) is 0 Å². The van der Waals surface area contributed by atoms with Crippen LogP contribution in [-0.4, -0.2) is 22.9 Å². The van der Waals surface area contributed by atoms with Gasteiger partial charge in [0.05, 0.1) is 21.3 Å². The highest BCUT2D eigenvalue weighted by Gasteiger charge is 2.20. The number of nitro groups is 2. The number of rotatable bonds is 5. The van der Waals surface area contributed by atoms with Crippen LogP contribution in [-0.2, 0) is 0 Å². The van der Waals surface area contributed by atoms with E-state index in [4.69, 9.17) is 0 Å². The molecule has 0 heterocycles. The Morgan fingerprint density at radius 2 is 1.67 bits per heavy atom. The summed E-state index contributed by atoms with van der Waals surface area (Å²) in [5.74, 6) is 0. The van der Waals surface area contributed by atoms with Gasteiger partial charge in [0, 0.05) is 24.8 Å². The van der Waals surface area contributed by atoms with E-state index >= 15 is 0 Å². The van der Waals surface area contributed by atoms with E-state index in [1.54, 1.807) is 12.1 Å². The maximum atomic E-state index is 11.2. The molecule has 0 N–H and O–H groups in total.